The van der Waals surface area contributed by atoms with Gasteiger partial charge in [-0.3, -0.25) is 9.69 Å². The maximum atomic E-state index is 12.6. The molecule has 2 aromatic carbocycles. The maximum Gasteiger partial charge on any atom is 0.266 e. The summed E-state index contributed by atoms with van der Waals surface area (Å²) < 4.78 is 5.79. The van der Waals surface area contributed by atoms with Gasteiger partial charge < -0.3 is 4.74 Å². The Morgan fingerprint density at radius 2 is 1.80 bits per heavy atom. The highest BCUT2D eigenvalue weighted by Crippen LogP contribution is 2.32. The number of carbonyl (C=O) groups is 1. The molecule has 2 aromatic rings. The Morgan fingerprint density at radius 3 is 2.44 bits per heavy atom. The molecule has 1 fully saturated rings. The Bertz CT molecular complexity index is 811. The summed E-state index contributed by atoms with van der Waals surface area (Å²) in [4.78, 5) is 15.0. The third-order valence-electron chi connectivity index (χ3n) is 4.03. The highest BCUT2D eigenvalue weighted by atomic mass is 32.2. The van der Waals surface area contributed by atoms with Gasteiger partial charge in [-0.05, 0) is 42.7 Å². The number of rotatable bonds is 5. The number of carbonyl (C=O) groups excluding carboxylic acids is 1. The largest absolute Gasteiger partial charge is 0.497 e. The normalized spacial score (nSPS) is 15.9. The molecule has 0 saturated carbocycles. The van der Waals surface area contributed by atoms with Crippen molar-refractivity contribution in [2.24, 2.45) is 0 Å². The number of methoxy groups -OCH3 is 1. The summed E-state index contributed by atoms with van der Waals surface area (Å²) in [7, 11) is 1.65. The van der Waals surface area contributed by atoms with E-state index in [4.69, 9.17) is 17.0 Å². The van der Waals surface area contributed by atoms with E-state index >= 15 is 0 Å². The van der Waals surface area contributed by atoms with Crippen molar-refractivity contribution in [3.63, 3.8) is 0 Å². The number of hydrogen-bond donors (Lipinski definition) is 0. The molecule has 0 aliphatic carbocycles. The van der Waals surface area contributed by atoms with Crippen molar-refractivity contribution in [1.29, 1.82) is 0 Å². The molecule has 3 rings (SSSR count). The smallest absolute Gasteiger partial charge is 0.266 e. The summed E-state index contributed by atoms with van der Waals surface area (Å²) in [5, 5.41) is 0. The van der Waals surface area contributed by atoms with E-state index in [1.165, 1.54) is 17.3 Å². The monoisotopic (exact) mass is 369 g/mol. The van der Waals surface area contributed by atoms with E-state index in [2.05, 4.69) is 0 Å². The summed E-state index contributed by atoms with van der Waals surface area (Å²) in [5.41, 5.74) is 3.36. The predicted molar refractivity (Wildman–Crippen MR) is 108 cm³/mol. The number of thioether (sulfide) groups is 1. The van der Waals surface area contributed by atoms with Crippen molar-refractivity contribution < 1.29 is 9.53 Å². The van der Waals surface area contributed by atoms with E-state index < -0.39 is 0 Å². The molecule has 1 saturated heterocycles. The molecule has 0 spiro atoms. The minimum Gasteiger partial charge on any atom is -0.497 e. The van der Waals surface area contributed by atoms with Crippen molar-refractivity contribution in [3.05, 3.63) is 70.1 Å². The lowest BCUT2D eigenvalue weighted by molar-refractivity contribution is -0.122. The Balaban J connectivity index is 1.67. The van der Waals surface area contributed by atoms with E-state index in [-0.39, 0.29) is 5.91 Å². The first-order chi connectivity index (χ1) is 12.1. The quantitative estimate of drug-likeness (QED) is 0.575. The van der Waals surface area contributed by atoms with Crippen LogP contribution < -0.4 is 4.74 Å². The molecule has 0 radical (unpaired) electrons. The highest BCUT2D eigenvalue weighted by Gasteiger charge is 2.31. The van der Waals surface area contributed by atoms with E-state index in [0.717, 1.165) is 23.3 Å². The zero-order valence-corrected chi connectivity index (χ0v) is 15.8. The Labute approximate surface area is 157 Å². The molecule has 25 heavy (non-hydrogen) atoms. The highest BCUT2D eigenvalue weighted by molar-refractivity contribution is 8.26. The molecule has 1 heterocycles. The number of amides is 1. The van der Waals surface area contributed by atoms with Crippen LogP contribution in [0.5, 0.6) is 5.75 Å². The van der Waals surface area contributed by atoms with Crippen LogP contribution in [0.1, 0.15) is 16.7 Å². The first-order valence-corrected chi connectivity index (χ1v) is 9.24. The molecule has 5 heteroatoms. The topological polar surface area (TPSA) is 29.5 Å². The number of nitrogens with zero attached hydrogens (tertiary/aromatic N) is 1. The van der Waals surface area contributed by atoms with Crippen molar-refractivity contribution in [2.75, 3.05) is 13.7 Å². The van der Waals surface area contributed by atoms with Crippen LogP contribution in [0.4, 0.5) is 0 Å². The second-order valence-corrected chi connectivity index (χ2v) is 7.52. The zero-order chi connectivity index (χ0) is 17.8. The van der Waals surface area contributed by atoms with Gasteiger partial charge in [-0.2, -0.15) is 0 Å². The van der Waals surface area contributed by atoms with E-state index in [0.29, 0.717) is 15.8 Å². The van der Waals surface area contributed by atoms with Gasteiger partial charge in [0.25, 0.3) is 5.91 Å². The van der Waals surface area contributed by atoms with Crippen LogP contribution in [0.2, 0.25) is 0 Å². The van der Waals surface area contributed by atoms with E-state index in [1.54, 1.807) is 12.0 Å². The summed E-state index contributed by atoms with van der Waals surface area (Å²) in [5.74, 6) is 0.819. The second kappa shape index (κ2) is 7.85. The minimum atomic E-state index is -0.0101. The maximum absolute atomic E-state index is 12.6. The lowest BCUT2D eigenvalue weighted by Crippen LogP contribution is -2.30. The van der Waals surface area contributed by atoms with Gasteiger partial charge in [-0.1, -0.05) is 65.9 Å². The Hall–Kier alpha value is -2.11. The van der Waals surface area contributed by atoms with Crippen LogP contribution in [-0.2, 0) is 11.2 Å². The van der Waals surface area contributed by atoms with Crippen molar-refractivity contribution in [3.8, 4) is 5.75 Å². The van der Waals surface area contributed by atoms with Gasteiger partial charge in [0.15, 0.2) is 0 Å². The van der Waals surface area contributed by atoms with Gasteiger partial charge in [0.2, 0.25) is 0 Å². The van der Waals surface area contributed by atoms with Crippen LogP contribution in [0.3, 0.4) is 0 Å². The van der Waals surface area contributed by atoms with Crippen LogP contribution >= 0.6 is 24.0 Å². The number of ether oxygens (including phenoxy) is 1. The van der Waals surface area contributed by atoms with Crippen LogP contribution in [0, 0.1) is 6.92 Å². The third kappa shape index (κ3) is 4.30. The van der Waals surface area contributed by atoms with Gasteiger partial charge in [0.1, 0.15) is 10.1 Å². The lowest BCUT2D eigenvalue weighted by atomic mass is 10.1. The summed E-state index contributed by atoms with van der Waals surface area (Å²) in [6, 6.07) is 16.0. The van der Waals surface area contributed by atoms with Crippen LogP contribution in [0.25, 0.3) is 6.08 Å². The average molecular weight is 370 g/mol. The number of benzene rings is 2. The molecule has 1 aliphatic heterocycles. The van der Waals surface area contributed by atoms with Gasteiger partial charge in [-0.25, -0.2) is 0 Å². The Kier molecular flexibility index (Phi) is 5.56. The van der Waals surface area contributed by atoms with Gasteiger partial charge in [-0.15, -0.1) is 0 Å². The second-order valence-electron chi connectivity index (χ2n) is 5.84. The first kappa shape index (κ1) is 17.7. The third-order valence-corrected chi connectivity index (χ3v) is 5.41. The molecular formula is C20H19NO2S2. The summed E-state index contributed by atoms with van der Waals surface area (Å²) >= 11 is 6.76. The first-order valence-electron chi connectivity index (χ1n) is 8.02. The molecule has 0 N–H and O–H groups in total. The van der Waals surface area contributed by atoms with Crippen molar-refractivity contribution >= 4 is 40.3 Å². The Morgan fingerprint density at radius 1 is 1.12 bits per heavy atom. The molecule has 3 nitrogen and oxygen atoms in total. The predicted octanol–water partition coefficient (Wildman–Crippen LogP) is 4.45. The molecule has 0 bridgehead atoms. The van der Waals surface area contributed by atoms with Crippen molar-refractivity contribution in [2.45, 2.75) is 13.3 Å². The van der Waals surface area contributed by atoms with Gasteiger partial charge in [0, 0.05) is 6.54 Å². The molecule has 1 amide bonds. The molecule has 0 atom stereocenters. The zero-order valence-electron chi connectivity index (χ0n) is 14.2. The lowest BCUT2D eigenvalue weighted by Gasteiger charge is -2.14. The van der Waals surface area contributed by atoms with E-state index in [9.17, 15) is 4.79 Å². The molecule has 0 aromatic heterocycles. The molecule has 0 unspecified atom stereocenters. The molecular weight excluding hydrogens is 350 g/mol. The van der Waals surface area contributed by atoms with Crippen LogP contribution in [-0.4, -0.2) is 28.8 Å². The van der Waals surface area contributed by atoms with Crippen LogP contribution in [0.15, 0.2) is 53.4 Å². The van der Waals surface area contributed by atoms with Crippen molar-refractivity contribution in [1.82, 2.24) is 4.90 Å². The molecule has 128 valence electrons. The number of hydrogen-bond acceptors (Lipinski definition) is 4. The summed E-state index contributed by atoms with van der Waals surface area (Å²) in [6.45, 7) is 2.63. The summed E-state index contributed by atoms with van der Waals surface area (Å²) in [6.07, 6.45) is 2.67. The van der Waals surface area contributed by atoms with Gasteiger partial charge in [0.05, 0.1) is 12.0 Å². The average Bonchev–Trinajstić information content (AvgIpc) is 2.89. The van der Waals surface area contributed by atoms with Gasteiger partial charge >= 0.3 is 0 Å². The fourth-order valence-electron chi connectivity index (χ4n) is 2.54. The molecule has 1 aliphatic rings. The standard InChI is InChI=1S/C20H19NO2S2/c1-14-3-5-16(6-4-14)13-18-19(22)21(20(24)25-18)12-11-15-7-9-17(23-2)10-8-15/h3-10,13H,11-12H2,1-2H3. The number of aryl methyl sites for hydroxylation is 1. The minimum absolute atomic E-state index is 0.0101. The SMILES string of the molecule is COc1ccc(CCN2C(=O)C(=Cc3ccc(C)cc3)SC2=S)cc1. The number of thiocarbonyl (C=S) groups is 1. The fraction of sp³-hybridized carbons (Fsp3) is 0.200. The fourth-order valence-corrected chi connectivity index (χ4v) is 3.85. The van der Waals surface area contributed by atoms with E-state index in [1.807, 2.05) is 61.5 Å².